The van der Waals surface area contributed by atoms with E-state index in [9.17, 15) is 23.1 Å². The molecule has 0 saturated carbocycles. The summed E-state index contributed by atoms with van der Waals surface area (Å²) in [4.78, 5) is 13.8. The highest BCUT2D eigenvalue weighted by Crippen LogP contribution is 2.27. The highest BCUT2D eigenvalue weighted by Gasteiger charge is 2.33. The van der Waals surface area contributed by atoms with E-state index in [1.54, 1.807) is 6.92 Å². The van der Waals surface area contributed by atoms with Crippen LogP contribution in [0, 0.1) is 0 Å². The van der Waals surface area contributed by atoms with Crippen molar-refractivity contribution < 1.29 is 23.1 Å². The lowest BCUT2D eigenvalue weighted by atomic mass is 10.2. The van der Waals surface area contributed by atoms with Crippen molar-refractivity contribution >= 4 is 5.91 Å². The van der Waals surface area contributed by atoms with Crippen LogP contribution in [-0.2, 0) is 24.1 Å². The molecule has 1 aromatic carbocycles. The van der Waals surface area contributed by atoms with E-state index in [2.05, 4.69) is 5.10 Å². The Morgan fingerprint density at radius 2 is 1.96 bits per heavy atom. The molecule has 0 spiro atoms. The van der Waals surface area contributed by atoms with Crippen LogP contribution < -0.4 is 0 Å². The predicted molar refractivity (Wildman–Crippen MR) is 80.8 cm³/mol. The number of rotatable bonds is 6. The number of hydrogen-bond donors (Lipinski definition) is 1. The van der Waals surface area contributed by atoms with Gasteiger partial charge in [0.1, 0.15) is 6.54 Å². The van der Waals surface area contributed by atoms with Gasteiger partial charge in [-0.15, -0.1) is 0 Å². The topological polar surface area (TPSA) is 58.4 Å². The third kappa shape index (κ3) is 5.09. The number of alkyl halides is 3. The molecule has 5 nitrogen and oxygen atoms in total. The van der Waals surface area contributed by atoms with E-state index in [4.69, 9.17) is 0 Å². The van der Waals surface area contributed by atoms with Gasteiger partial charge < -0.3 is 10.0 Å². The molecule has 2 rings (SSSR count). The molecule has 24 heavy (non-hydrogen) atoms. The third-order valence-electron chi connectivity index (χ3n) is 3.28. The summed E-state index contributed by atoms with van der Waals surface area (Å²) in [5, 5.41) is 12.9. The fraction of sp³-hybridized carbons (Fsp3) is 0.375. The smallest absolute Gasteiger partial charge is 0.392 e. The zero-order valence-electron chi connectivity index (χ0n) is 13.1. The molecular formula is C16H18F3N3O2. The summed E-state index contributed by atoms with van der Waals surface area (Å²) in [5.74, 6) is -0.420. The van der Waals surface area contributed by atoms with Crippen molar-refractivity contribution in [2.75, 3.05) is 6.54 Å². The standard InChI is InChI=1S/C16H18F3N3O2/c1-12(23)9-21(10-13-5-3-2-4-6-13)15(24)11-22-8-7-14(20-22)16(17,18)19/h2-8,12,23H,9-11H2,1H3/t12-/m1/s1. The van der Waals surface area contributed by atoms with Gasteiger partial charge >= 0.3 is 6.18 Å². The zero-order valence-corrected chi connectivity index (χ0v) is 13.1. The first kappa shape index (κ1) is 18.0. The zero-order chi connectivity index (χ0) is 17.7. The number of nitrogens with zero attached hydrogens (tertiary/aromatic N) is 3. The normalized spacial score (nSPS) is 12.9. The Kier molecular flexibility index (Phi) is 5.61. The molecule has 1 aromatic heterocycles. The lowest BCUT2D eigenvalue weighted by molar-refractivity contribution is -0.142. The largest absolute Gasteiger partial charge is 0.435 e. The molecule has 0 fully saturated rings. The van der Waals surface area contributed by atoms with E-state index < -0.39 is 23.9 Å². The average molecular weight is 341 g/mol. The molecule has 0 aliphatic rings. The van der Waals surface area contributed by atoms with E-state index in [-0.39, 0.29) is 19.6 Å². The number of amides is 1. The number of carbonyl (C=O) groups is 1. The minimum absolute atomic E-state index is 0.0844. The molecule has 8 heteroatoms. The van der Waals surface area contributed by atoms with Gasteiger partial charge in [0.05, 0.1) is 6.10 Å². The van der Waals surface area contributed by atoms with E-state index in [0.717, 1.165) is 22.5 Å². The van der Waals surface area contributed by atoms with Crippen molar-refractivity contribution in [3.63, 3.8) is 0 Å². The van der Waals surface area contributed by atoms with Gasteiger partial charge in [-0.25, -0.2) is 0 Å². The molecule has 0 saturated heterocycles. The van der Waals surface area contributed by atoms with Crippen molar-refractivity contribution in [3.8, 4) is 0 Å². The Bertz CT molecular complexity index is 669. The Hall–Kier alpha value is -2.35. The molecule has 1 heterocycles. The van der Waals surface area contributed by atoms with Gasteiger partial charge in [0.15, 0.2) is 5.69 Å². The van der Waals surface area contributed by atoms with Crippen LogP contribution in [0.1, 0.15) is 18.2 Å². The number of hydrogen-bond acceptors (Lipinski definition) is 3. The first-order chi connectivity index (χ1) is 11.3. The first-order valence-electron chi connectivity index (χ1n) is 7.36. The van der Waals surface area contributed by atoms with Gasteiger partial charge in [-0.3, -0.25) is 9.48 Å². The van der Waals surface area contributed by atoms with Crippen molar-refractivity contribution in [1.29, 1.82) is 0 Å². The summed E-state index contributed by atoms with van der Waals surface area (Å²) in [6.45, 7) is 1.57. The van der Waals surface area contributed by atoms with E-state index in [1.807, 2.05) is 30.3 Å². The molecular weight excluding hydrogens is 323 g/mol. The highest BCUT2D eigenvalue weighted by molar-refractivity contribution is 5.76. The molecule has 2 aromatic rings. The maximum absolute atomic E-state index is 12.6. The Labute approximate surface area is 137 Å². The molecule has 1 N–H and O–H groups in total. The van der Waals surface area contributed by atoms with Crippen LogP contribution >= 0.6 is 0 Å². The van der Waals surface area contributed by atoms with Crippen LogP contribution in [0.25, 0.3) is 0 Å². The molecule has 0 unspecified atom stereocenters. The molecule has 0 bridgehead atoms. The minimum Gasteiger partial charge on any atom is -0.392 e. The molecule has 1 amide bonds. The molecule has 1 atom stereocenters. The second kappa shape index (κ2) is 7.48. The Morgan fingerprint density at radius 1 is 1.29 bits per heavy atom. The van der Waals surface area contributed by atoms with E-state index >= 15 is 0 Å². The minimum atomic E-state index is -4.54. The van der Waals surface area contributed by atoms with Crippen LogP contribution in [0.5, 0.6) is 0 Å². The van der Waals surface area contributed by atoms with Gasteiger partial charge in [0.25, 0.3) is 0 Å². The van der Waals surface area contributed by atoms with Crippen LogP contribution in [0.15, 0.2) is 42.6 Å². The van der Waals surface area contributed by atoms with Gasteiger partial charge in [-0.05, 0) is 18.6 Å². The molecule has 130 valence electrons. The van der Waals surface area contributed by atoms with Crippen LogP contribution in [-0.4, -0.2) is 38.3 Å². The van der Waals surface area contributed by atoms with E-state index in [1.165, 1.54) is 4.90 Å². The number of carbonyl (C=O) groups excluding carboxylic acids is 1. The maximum atomic E-state index is 12.6. The Morgan fingerprint density at radius 3 is 2.50 bits per heavy atom. The SMILES string of the molecule is C[C@@H](O)CN(Cc1ccccc1)C(=O)Cn1ccc(C(F)(F)F)n1. The second-order valence-corrected chi connectivity index (χ2v) is 5.51. The summed E-state index contributed by atoms with van der Waals surface area (Å²) in [6, 6.07) is 9.97. The maximum Gasteiger partial charge on any atom is 0.435 e. The number of aliphatic hydroxyl groups excluding tert-OH is 1. The monoisotopic (exact) mass is 341 g/mol. The summed E-state index contributed by atoms with van der Waals surface area (Å²) in [6.07, 6.45) is -4.18. The van der Waals surface area contributed by atoms with Gasteiger partial charge in [-0.2, -0.15) is 18.3 Å². The van der Waals surface area contributed by atoms with Crippen LogP contribution in [0.4, 0.5) is 13.2 Å². The fourth-order valence-corrected chi connectivity index (χ4v) is 2.22. The fourth-order valence-electron chi connectivity index (χ4n) is 2.22. The van der Waals surface area contributed by atoms with Gasteiger partial charge in [0.2, 0.25) is 5.91 Å². The Balaban J connectivity index is 2.08. The highest BCUT2D eigenvalue weighted by atomic mass is 19.4. The molecule has 0 aliphatic carbocycles. The average Bonchev–Trinajstić information content (AvgIpc) is 2.96. The molecule has 0 radical (unpaired) electrons. The molecule has 0 aliphatic heterocycles. The third-order valence-corrected chi connectivity index (χ3v) is 3.28. The van der Waals surface area contributed by atoms with Crippen molar-refractivity contribution in [2.45, 2.75) is 32.3 Å². The number of aliphatic hydroxyl groups is 1. The van der Waals surface area contributed by atoms with Crippen molar-refractivity contribution in [3.05, 3.63) is 53.9 Å². The van der Waals surface area contributed by atoms with Crippen molar-refractivity contribution in [1.82, 2.24) is 14.7 Å². The lowest BCUT2D eigenvalue weighted by Crippen LogP contribution is -2.38. The number of benzene rings is 1. The predicted octanol–water partition coefficient (Wildman–Crippen LogP) is 2.31. The van der Waals surface area contributed by atoms with Crippen LogP contribution in [0.2, 0.25) is 0 Å². The van der Waals surface area contributed by atoms with Crippen molar-refractivity contribution in [2.24, 2.45) is 0 Å². The van der Waals surface area contributed by atoms with Gasteiger partial charge in [-0.1, -0.05) is 30.3 Å². The number of aromatic nitrogens is 2. The van der Waals surface area contributed by atoms with Gasteiger partial charge in [0, 0.05) is 19.3 Å². The van der Waals surface area contributed by atoms with E-state index in [0.29, 0.717) is 0 Å². The van der Waals surface area contributed by atoms with Crippen LogP contribution in [0.3, 0.4) is 0 Å². The quantitative estimate of drug-likeness (QED) is 0.877. The number of halogens is 3. The summed E-state index contributed by atoms with van der Waals surface area (Å²) in [5.41, 5.74) is -0.177. The summed E-state index contributed by atoms with van der Waals surface area (Å²) in [7, 11) is 0. The summed E-state index contributed by atoms with van der Waals surface area (Å²) < 4.78 is 38.6. The first-order valence-corrected chi connectivity index (χ1v) is 7.36. The second-order valence-electron chi connectivity index (χ2n) is 5.51. The lowest BCUT2D eigenvalue weighted by Gasteiger charge is -2.24. The summed E-state index contributed by atoms with van der Waals surface area (Å²) >= 11 is 0.